The summed E-state index contributed by atoms with van der Waals surface area (Å²) in [6.07, 6.45) is -14.2. The second-order valence-corrected chi connectivity index (χ2v) is 31.4. The molecular weight excluding hydrogens is 1420 g/mol. The molecule has 4 aliphatic carbocycles. The van der Waals surface area contributed by atoms with Crippen molar-refractivity contribution >= 4 is 70.9 Å². The molecule has 1 spiro atoms. The molecule has 12 atom stereocenters. The Kier molecular flexibility index (Phi) is 30.5. The predicted octanol–water partition coefficient (Wildman–Crippen LogP) is 6.10. The first kappa shape index (κ1) is 87.0. The number of ether oxygens (including phenoxy) is 1. The molecule has 25 nitrogen and oxygen atoms in total. The van der Waals surface area contributed by atoms with Crippen LogP contribution in [-0.2, 0) is 62.3 Å². The summed E-state index contributed by atoms with van der Waals surface area (Å²) in [5.74, 6) is -16.9. The minimum absolute atomic E-state index is 0.00547. The monoisotopic (exact) mass is 1530 g/mol. The van der Waals surface area contributed by atoms with Crippen LogP contribution in [0, 0.1) is 35.5 Å². The molecule has 7 rings (SSSR count). The number of hydrogen-bond acceptors (Lipinski definition) is 13. The molecule has 0 aromatic heterocycles. The number of amides is 12. The topological polar surface area (TPSA) is 279 Å². The third kappa shape index (κ3) is 21.0. The Labute approximate surface area is 623 Å². The van der Waals surface area contributed by atoms with Crippen molar-refractivity contribution in [1.82, 2.24) is 60.0 Å². The van der Waals surface area contributed by atoms with Crippen molar-refractivity contribution in [3.8, 4) is 0 Å². The molecule has 0 radical (unpaired) electrons. The number of likely N-dealkylation sites (N-methyl/N-ethyl adjacent to an activating group) is 7. The fourth-order valence-corrected chi connectivity index (χ4v) is 17.0. The summed E-state index contributed by atoms with van der Waals surface area (Å²) < 4.78 is 121. The van der Waals surface area contributed by atoms with Crippen molar-refractivity contribution in [2.24, 2.45) is 35.5 Å². The standard InChI is InChI=1S/C74H114F8N12O13/c1-13-22-52-63(98)84-61(43(4)14-2)69(104)88(8)42-59(97)90(10)53-25-17-16-20-34-93(68(53)103)56(37-44-26-29-47(30-27-44)73(77,78)79)67(102)87(7)41-57(95)83-51(31-28-45-35-49(75)60(50(76)36-45)74(80,81)82)65(100)94-40-48(107-15-3)38-54(94)64(99)85-72(32-21-33-72)71(106)92(12)62(46-23-18-19-24-46)70(105)91(11)55(66(101)86(5)6)39-58(96)89(52)9/h13,43-56,60-62H,1,14-42H2,2-12H3,(H,83,95)(H,84,98)(H,85,99)/t43-,44?,45?,47?,48+,49?,50?,51-,52-,53-,54-,55-,56-,60?,61-,62-/m0/s1. The van der Waals surface area contributed by atoms with Crippen LogP contribution >= 0.6 is 0 Å². The van der Waals surface area contributed by atoms with Crippen molar-refractivity contribution in [2.45, 2.75) is 260 Å². The molecule has 3 heterocycles. The van der Waals surface area contributed by atoms with Gasteiger partial charge in [0, 0.05) is 82.5 Å². The molecule has 0 aromatic rings. The zero-order valence-corrected chi connectivity index (χ0v) is 64.0. The van der Waals surface area contributed by atoms with E-state index in [0.29, 0.717) is 57.8 Å². The highest BCUT2D eigenvalue weighted by molar-refractivity contribution is 6.01. The van der Waals surface area contributed by atoms with Gasteiger partial charge in [0.05, 0.1) is 31.5 Å². The molecule has 3 saturated heterocycles. The molecule has 7 aliphatic rings. The van der Waals surface area contributed by atoms with Crippen LogP contribution in [0.1, 0.15) is 175 Å². The van der Waals surface area contributed by atoms with Gasteiger partial charge in [-0.05, 0) is 140 Å². The highest BCUT2D eigenvalue weighted by Gasteiger charge is 2.56. The van der Waals surface area contributed by atoms with Crippen LogP contribution in [-0.4, -0.2) is 289 Å². The quantitative estimate of drug-likeness (QED) is 0.139. The normalized spacial score (nSPS) is 31.9. The number of nitrogens with zero attached hydrogens (tertiary/aromatic N) is 9. The van der Waals surface area contributed by atoms with E-state index in [4.69, 9.17) is 4.74 Å². The number of hydrogen-bond donors (Lipinski definition) is 3. The van der Waals surface area contributed by atoms with Crippen molar-refractivity contribution in [1.29, 1.82) is 0 Å². The molecule has 3 aliphatic heterocycles. The van der Waals surface area contributed by atoms with Crippen LogP contribution < -0.4 is 16.0 Å². The summed E-state index contributed by atoms with van der Waals surface area (Å²) >= 11 is 0. The van der Waals surface area contributed by atoms with Gasteiger partial charge >= 0.3 is 12.4 Å². The van der Waals surface area contributed by atoms with Gasteiger partial charge in [0.25, 0.3) is 0 Å². The second kappa shape index (κ2) is 37.5. The van der Waals surface area contributed by atoms with Crippen molar-refractivity contribution in [3.05, 3.63) is 12.7 Å². The van der Waals surface area contributed by atoms with Crippen LogP contribution in [0.2, 0.25) is 0 Å². The van der Waals surface area contributed by atoms with Gasteiger partial charge in [-0.15, -0.1) is 6.58 Å². The van der Waals surface area contributed by atoms with E-state index in [0.717, 1.165) is 29.4 Å². The van der Waals surface area contributed by atoms with E-state index in [-0.39, 0.29) is 90.3 Å². The summed E-state index contributed by atoms with van der Waals surface area (Å²) in [5, 5.41) is 8.34. The Morgan fingerprint density at radius 3 is 1.81 bits per heavy atom. The summed E-state index contributed by atoms with van der Waals surface area (Å²) in [6, 6.07) is -11.4. The van der Waals surface area contributed by atoms with E-state index >= 15 is 37.5 Å². The molecule has 107 heavy (non-hydrogen) atoms. The molecule has 604 valence electrons. The minimum Gasteiger partial charge on any atom is -0.377 e. The van der Waals surface area contributed by atoms with Crippen LogP contribution in [0.3, 0.4) is 0 Å². The van der Waals surface area contributed by atoms with Gasteiger partial charge < -0.3 is 64.8 Å². The van der Waals surface area contributed by atoms with Crippen LogP contribution in [0.4, 0.5) is 35.1 Å². The van der Waals surface area contributed by atoms with E-state index in [1.54, 1.807) is 20.8 Å². The number of nitrogens with one attached hydrogen (secondary N) is 3. The number of fused-ring (bicyclic) bond motifs is 3. The maximum absolute atomic E-state index is 15.5. The van der Waals surface area contributed by atoms with Gasteiger partial charge in [0.15, 0.2) is 0 Å². The molecule has 33 heteroatoms. The highest BCUT2D eigenvalue weighted by atomic mass is 19.4. The lowest BCUT2D eigenvalue weighted by Crippen LogP contribution is -2.68. The fraction of sp³-hybridized carbons (Fsp3) is 0.811. The van der Waals surface area contributed by atoms with Crippen LogP contribution in [0.5, 0.6) is 0 Å². The molecule has 4 saturated carbocycles. The Bertz CT molecular complexity index is 3170. The Morgan fingerprint density at radius 1 is 0.636 bits per heavy atom. The first-order valence-electron chi connectivity index (χ1n) is 38.1. The maximum Gasteiger partial charge on any atom is 0.397 e. The fourth-order valence-electron chi connectivity index (χ4n) is 17.0. The van der Waals surface area contributed by atoms with E-state index in [1.807, 2.05) is 0 Å². The number of carbonyl (C=O) groups excluding carboxylic acids is 12. The third-order valence-corrected chi connectivity index (χ3v) is 23.9. The highest BCUT2D eigenvalue weighted by Crippen LogP contribution is 2.46. The van der Waals surface area contributed by atoms with Crippen molar-refractivity contribution < 1.29 is 97.4 Å². The summed E-state index contributed by atoms with van der Waals surface area (Å²) in [7, 11) is 10.8. The van der Waals surface area contributed by atoms with Gasteiger partial charge in [-0.3, -0.25) is 57.5 Å². The predicted molar refractivity (Wildman–Crippen MR) is 377 cm³/mol. The van der Waals surface area contributed by atoms with E-state index in [9.17, 15) is 55.1 Å². The Morgan fingerprint density at radius 2 is 1.25 bits per heavy atom. The summed E-state index contributed by atoms with van der Waals surface area (Å²) in [6.45, 7) is 7.12. The van der Waals surface area contributed by atoms with Gasteiger partial charge in [0.1, 0.15) is 72.1 Å². The van der Waals surface area contributed by atoms with E-state index in [1.165, 1.54) is 77.2 Å². The minimum atomic E-state index is -5.22. The molecule has 2 unspecified atom stereocenters. The Balaban J connectivity index is 1.32. The first-order valence-corrected chi connectivity index (χ1v) is 38.1. The zero-order chi connectivity index (χ0) is 79.5. The molecule has 12 amide bonds. The molecule has 3 N–H and O–H groups in total. The number of rotatable bonds is 13. The Hall–Kier alpha value is -7.22. The molecule has 7 fully saturated rings. The average Bonchev–Trinajstić information content (AvgIpc) is 1.66. The third-order valence-electron chi connectivity index (χ3n) is 23.9. The molecule has 0 aromatic carbocycles. The summed E-state index contributed by atoms with van der Waals surface area (Å²) in [5.41, 5.74) is -1.69. The molecule has 2 bridgehead atoms. The SMILES string of the molecule is C=CC[C@H]1C(=O)N[C@@H]([C@@H](C)CC)C(=O)N(C)CC(=O)N(C)[C@H]2CCCCCN(C2=O)[C@@H](CC2CCC(C(F)(F)F)CC2)C(=O)N(C)CC(=O)N[C@@H](CCC2CC(F)C(C(F)(F)F)C(F)C2)C(=O)N2C[C@H](OCC)C[C@H]2C(=O)NC2(CCC2)C(=O)N(C)[C@@H](C2CCCC2)C(=O)N(C)[C@H](C(=O)N(C)C)CC(=O)N1C. The maximum atomic E-state index is 15.5. The lowest BCUT2D eigenvalue weighted by Gasteiger charge is -2.46. The van der Waals surface area contributed by atoms with Crippen LogP contribution in [0.25, 0.3) is 0 Å². The van der Waals surface area contributed by atoms with Gasteiger partial charge in [-0.1, -0.05) is 52.0 Å². The van der Waals surface area contributed by atoms with Gasteiger partial charge in [0.2, 0.25) is 70.9 Å². The number of alkyl halides is 8. The van der Waals surface area contributed by atoms with E-state index < -0.39 is 230 Å². The lowest BCUT2D eigenvalue weighted by atomic mass is 9.74. The van der Waals surface area contributed by atoms with Crippen molar-refractivity contribution in [2.75, 3.05) is 89.2 Å². The van der Waals surface area contributed by atoms with Gasteiger partial charge in [-0.2, -0.15) is 26.3 Å². The largest absolute Gasteiger partial charge is 0.397 e. The first-order chi connectivity index (χ1) is 50.2. The van der Waals surface area contributed by atoms with E-state index in [2.05, 4.69) is 22.5 Å². The summed E-state index contributed by atoms with van der Waals surface area (Å²) in [4.78, 5) is 191. The van der Waals surface area contributed by atoms with Gasteiger partial charge in [-0.25, -0.2) is 8.78 Å². The average molecular weight is 1530 g/mol. The smallest absolute Gasteiger partial charge is 0.377 e. The second-order valence-electron chi connectivity index (χ2n) is 31.4. The van der Waals surface area contributed by atoms with Crippen molar-refractivity contribution in [3.63, 3.8) is 0 Å². The number of halogens is 8. The van der Waals surface area contributed by atoms with Crippen LogP contribution in [0.15, 0.2) is 12.7 Å². The molecular formula is C74H114F8N12O13. The lowest BCUT2D eigenvalue weighted by molar-refractivity contribution is -0.219. The zero-order valence-electron chi connectivity index (χ0n) is 64.0. The number of carbonyl (C=O) groups is 12.